The van der Waals surface area contributed by atoms with E-state index in [0.717, 1.165) is 23.1 Å². The van der Waals surface area contributed by atoms with Crippen LogP contribution in [0.3, 0.4) is 0 Å². The zero-order valence-electron chi connectivity index (χ0n) is 10.3. The maximum atomic E-state index is 10.8. The summed E-state index contributed by atoms with van der Waals surface area (Å²) in [6.45, 7) is 1.60. The summed E-state index contributed by atoms with van der Waals surface area (Å²) in [5.74, 6) is 0.837. The molecule has 0 radical (unpaired) electrons. The number of fused-ring (bicyclic) bond motifs is 1. The fourth-order valence-electron chi connectivity index (χ4n) is 1.75. The van der Waals surface area contributed by atoms with Gasteiger partial charge in [0.2, 0.25) is 0 Å². The van der Waals surface area contributed by atoms with Gasteiger partial charge in [-0.15, -0.1) is 0 Å². The zero-order valence-corrected chi connectivity index (χ0v) is 11.1. The predicted molar refractivity (Wildman–Crippen MR) is 78.5 cm³/mol. The largest absolute Gasteiger partial charge is 0.288 e. The number of benzene rings is 1. The molecule has 0 aliphatic rings. The molecule has 0 aliphatic heterocycles. The van der Waals surface area contributed by atoms with Gasteiger partial charge in [-0.25, -0.2) is 0 Å². The molecule has 0 atom stereocenters. The summed E-state index contributed by atoms with van der Waals surface area (Å²) in [4.78, 5) is 15.0. The SMILES string of the molecule is CC(=O)SCCC=Cc1cncc2ccccc12. The van der Waals surface area contributed by atoms with Gasteiger partial charge in [-0.05, 0) is 11.8 Å². The van der Waals surface area contributed by atoms with E-state index in [1.807, 2.05) is 24.5 Å². The summed E-state index contributed by atoms with van der Waals surface area (Å²) in [6.07, 6.45) is 8.82. The van der Waals surface area contributed by atoms with E-state index in [-0.39, 0.29) is 5.12 Å². The van der Waals surface area contributed by atoms with E-state index in [2.05, 4.69) is 29.3 Å². The third-order valence-corrected chi connectivity index (χ3v) is 3.43. The summed E-state index contributed by atoms with van der Waals surface area (Å²) in [5.41, 5.74) is 1.13. The molecule has 0 aliphatic carbocycles. The van der Waals surface area contributed by atoms with Crippen LogP contribution in [0.1, 0.15) is 18.9 Å². The third-order valence-electron chi connectivity index (χ3n) is 2.59. The molecule has 0 N–H and O–H groups in total. The smallest absolute Gasteiger partial charge is 0.185 e. The molecule has 1 aromatic carbocycles. The van der Waals surface area contributed by atoms with Crippen LogP contribution in [0.4, 0.5) is 0 Å². The predicted octanol–water partition coefficient (Wildman–Crippen LogP) is 3.92. The Morgan fingerprint density at radius 1 is 1.33 bits per heavy atom. The van der Waals surface area contributed by atoms with Crippen LogP contribution < -0.4 is 0 Å². The number of aromatic nitrogens is 1. The van der Waals surface area contributed by atoms with Gasteiger partial charge in [0, 0.05) is 36.0 Å². The summed E-state index contributed by atoms with van der Waals surface area (Å²) < 4.78 is 0. The quantitative estimate of drug-likeness (QED) is 0.778. The first-order valence-electron chi connectivity index (χ1n) is 5.90. The number of nitrogens with zero attached hydrogens (tertiary/aromatic N) is 1. The Hall–Kier alpha value is -1.61. The lowest BCUT2D eigenvalue weighted by Crippen LogP contribution is -1.84. The molecule has 92 valence electrons. The molecule has 0 unspecified atom stereocenters. The highest BCUT2D eigenvalue weighted by molar-refractivity contribution is 8.13. The average molecular weight is 257 g/mol. The lowest BCUT2D eigenvalue weighted by molar-refractivity contribution is -0.109. The standard InChI is InChI=1S/C15H15NOS/c1-12(17)18-9-5-4-7-14-11-16-10-13-6-2-3-8-15(13)14/h2-4,6-8,10-11H,5,9H2,1H3. The van der Waals surface area contributed by atoms with Crippen molar-refractivity contribution in [2.45, 2.75) is 13.3 Å². The Balaban J connectivity index is 2.07. The Morgan fingerprint density at radius 2 is 2.17 bits per heavy atom. The van der Waals surface area contributed by atoms with Gasteiger partial charge in [-0.1, -0.05) is 48.2 Å². The van der Waals surface area contributed by atoms with Gasteiger partial charge in [-0.3, -0.25) is 9.78 Å². The fraction of sp³-hybridized carbons (Fsp3) is 0.200. The Labute approximate surface area is 111 Å². The molecular weight excluding hydrogens is 242 g/mol. The van der Waals surface area contributed by atoms with Crippen LogP contribution >= 0.6 is 11.8 Å². The lowest BCUT2D eigenvalue weighted by atomic mass is 10.1. The van der Waals surface area contributed by atoms with Crippen molar-refractivity contribution >= 4 is 33.7 Å². The van der Waals surface area contributed by atoms with Crippen molar-refractivity contribution in [2.75, 3.05) is 5.75 Å². The van der Waals surface area contributed by atoms with Gasteiger partial charge < -0.3 is 0 Å². The summed E-state index contributed by atoms with van der Waals surface area (Å²) in [7, 11) is 0. The van der Waals surface area contributed by atoms with Crippen molar-refractivity contribution in [2.24, 2.45) is 0 Å². The van der Waals surface area contributed by atoms with Crippen molar-refractivity contribution in [3.8, 4) is 0 Å². The first kappa shape index (κ1) is 12.8. The molecule has 1 aromatic heterocycles. The number of rotatable bonds is 4. The number of carbonyl (C=O) groups excluding carboxylic acids is 1. The topological polar surface area (TPSA) is 30.0 Å². The number of hydrogen-bond donors (Lipinski definition) is 0. The minimum Gasteiger partial charge on any atom is -0.288 e. The van der Waals surface area contributed by atoms with Crippen molar-refractivity contribution in [3.05, 3.63) is 48.3 Å². The van der Waals surface area contributed by atoms with Crippen LogP contribution in [0.5, 0.6) is 0 Å². The number of allylic oxidation sites excluding steroid dienone is 1. The molecule has 1 heterocycles. The monoisotopic (exact) mass is 257 g/mol. The first-order valence-corrected chi connectivity index (χ1v) is 6.88. The summed E-state index contributed by atoms with van der Waals surface area (Å²) in [6, 6.07) is 8.21. The number of hydrogen-bond acceptors (Lipinski definition) is 3. The summed E-state index contributed by atoms with van der Waals surface area (Å²) >= 11 is 1.36. The maximum Gasteiger partial charge on any atom is 0.185 e. The van der Waals surface area contributed by atoms with Crippen LogP contribution in [-0.2, 0) is 4.79 Å². The van der Waals surface area contributed by atoms with Crippen LogP contribution in [0.2, 0.25) is 0 Å². The fourth-order valence-corrected chi connectivity index (χ4v) is 2.30. The highest BCUT2D eigenvalue weighted by atomic mass is 32.2. The Bertz CT molecular complexity index is 572. The molecule has 0 saturated heterocycles. The van der Waals surface area contributed by atoms with Gasteiger partial charge in [0.15, 0.2) is 5.12 Å². The zero-order chi connectivity index (χ0) is 12.8. The lowest BCUT2D eigenvalue weighted by Gasteiger charge is -2.00. The van der Waals surface area contributed by atoms with Gasteiger partial charge in [0.05, 0.1) is 0 Å². The molecular formula is C15H15NOS. The van der Waals surface area contributed by atoms with E-state index in [1.165, 1.54) is 17.1 Å². The highest BCUT2D eigenvalue weighted by Crippen LogP contribution is 2.18. The van der Waals surface area contributed by atoms with Crippen molar-refractivity contribution in [3.63, 3.8) is 0 Å². The second-order valence-electron chi connectivity index (χ2n) is 3.98. The Morgan fingerprint density at radius 3 is 3.00 bits per heavy atom. The van der Waals surface area contributed by atoms with Crippen molar-refractivity contribution in [1.29, 1.82) is 0 Å². The highest BCUT2D eigenvalue weighted by Gasteiger charge is 1.97. The van der Waals surface area contributed by atoms with E-state index in [0.29, 0.717) is 0 Å². The van der Waals surface area contributed by atoms with Crippen LogP contribution in [-0.4, -0.2) is 15.9 Å². The molecule has 0 spiro atoms. The van der Waals surface area contributed by atoms with E-state index in [9.17, 15) is 4.79 Å². The second kappa shape index (κ2) is 6.36. The number of pyridine rings is 1. The van der Waals surface area contributed by atoms with Crippen molar-refractivity contribution < 1.29 is 4.79 Å². The molecule has 0 saturated carbocycles. The van der Waals surface area contributed by atoms with E-state index < -0.39 is 0 Å². The molecule has 2 nitrogen and oxygen atoms in total. The molecule has 0 fully saturated rings. The van der Waals surface area contributed by atoms with Crippen LogP contribution in [0, 0.1) is 0 Å². The van der Waals surface area contributed by atoms with Gasteiger partial charge in [-0.2, -0.15) is 0 Å². The summed E-state index contributed by atoms with van der Waals surface area (Å²) in [5, 5.41) is 2.54. The normalized spacial score (nSPS) is 11.2. The minimum absolute atomic E-state index is 0.176. The molecule has 0 amide bonds. The molecule has 3 heteroatoms. The van der Waals surface area contributed by atoms with Crippen LogP contribution in [0.15, 0.2) is 42.7 Å². The first-order chi connectivity index (χ1) is 8.77. The molecule has 18 heavy (non-hydrogen) atoms. The second-order valence-corrected chi connectivity index (χ2v) is 5.25. The minimum atomic E-state index is 0.176. The van der Waals surface area contributed by atoms with E-state index >= 15 is 0 Å². The number of carbonyl (C=O) groups is 1. The molecule has 2 aromatic rings. The molecule has 2 rings (SSSR count). The van der Waals surface area contributed by atoms with Crippen molar-refractivity contribution in [1.82, 2.24) is 4.98 Å². The number of thioether (sulfide) groups is 1. The van der Waals surface area contributed by atoms with Gasteiger partial charge in [0.25, 0.3) is 0 Å². The van der Waals surface area contributed by atoms with E-state index in [1.54, 1.807) is 6.92 Å². The van der Waals surface area contributed by atoms with Gasteiger partial charge >= 0.3 is 0 Å². The molecule has 0 bridgehead atoms. The van der Waals surface area contributed by atoms with E-state index in [4.69, 9.17) is 0 Å². The van der Waals surface area contributed by atoms with Gasteiger partial charge in [0.1, 0.15) is 0 Å². The average Bonchev–Trinajstić information content (AvgIpc) is 2.38. The third kappa shape index (κ3) is 3.44. The Kier molecular flexibility index (Phi) is 4.53. The van der Waals surface area contributed by atoms with Crippen LogP contribution in [0.25, 0.3) is 16.8 Å². The maximum absolute atomic E-state index is 10.8.